The summed E-state index contributed by atoms with van der Waals surface area (Å²) in [6, 6.07) is 21.9. The van der Waals surface area contributed by atoms with Crippen LogP contribution in [0.25, 0.3) is 0 Å². The number of methoxy groups -OCH3 is 1. The normalized spacial score (nSPS) is 15.2. The first-order valence-electron chi connectivity index (χ1n) is 10.4. The van der Waals surface area contributed by atoms with Crippen LogP contribution in [0.5, 0.6) is 0 Å². The van der Waals surface area contributed by atoms with Gasteiger partial charge in [-0.1, -0.05) is 24.3 Å². The van der Waals surface area contributed by atoms with Gasteiger partial charge in [0.15, 0.2) is 0 Å². The van der Waals surface area contributed by atoms with Gasteiger partial charge in [-0.15, -0.1) is 11.8 Å². The number of amides is 4. The van der Waals surface area contributed by atoms with Crippen LogP contribution >= 0.6 is 11.8 Å². The fourth-order valence-electron chi connectivity index (χ4n) is 3.46. The fourth-order valence-corrected chi connectivity index (χ4v) is 4.57. The maximum absolute atomic E-state index is 13.0. The number of nitrogens with zero attached hydrogens (tertiary/aromatic N) is 1. The van der Waals surface area contributed by atoms with E-state index in [1.807, 2.05) is 24.3 Å². The number of benzene rings is 3. The van der Waals surface area contributed by atoms with Crippen LogP contribution in [0.15, 0.2) is 83.8 Å². The van der Waals surface area contributed by atoms with Crippen molar-refractivity contribution in [3.05, 3.63) is 84.4 Å². The number of carbonyl (C=O) groups excluding carboxylic acids is 4. The molecule has 34 heavy (non-hydrogen) atoms. The van der Waals surface area contributed by atoms with Crippen molar-refractivity contribution in [1.82, 2.24) is 0 Å². The molecule has 3 aromatic carbocycles. The lowest BCUT2D eigenvalue weighted by Gasteiger charge is -2.15. The molecular formula is C25H21N3O5S. The van der Waals surface area contributed by atoms with E-state index >= 15 is 0 Å². The molecule has 4 rings (SSSR count). The van der Waals surface area contributed by atoms with E-state index in [1.165, 1.54) is 31.0 Å². The lowest BCUT2D eigenvalue weighted by Crippen LogP contribution is -2.31. The SMILES string of the molecule is COC(=O)c1ccc(N2C(=O)CC(Sc3cccc(NC(=O)Nc4ccccc4)c3)C2=O)cc1. The van der Waals surface area contributed by atoms with Crippen molar-refractivity contribution in [2.45, 2.75) is 16.6 Å². The van der Waals surface area contributed by atoms with Crippen LogP contribution in [-0.2, 0) is 14.3 Å². The molecule has 0 aromatic heterocycles. The molecule has 1 heterocycles. The highest BCUT2D eigenvalue weighted by atomic mass is 32.2. The Kier molecular flexibility index (Phi) is 6.93. The number of esters is 1. The largest absolute Gasteiger partial charge is 0.465 e. The number of thioether (sulfide) groups is 1. The van der Waals surface area contributed by atoms with Crippen molar-refractivity contribution >= 4 is 52.6 Å². The monoisotopic (exact) mass is 475 g/mol. The summed E-state index contributed by atoms with van der Waals surface area (Å²) in [6.07, 6.45) is 0.0500. The lowest BCUT2D eigenvalue weighted by molar-refractivity contribution is -0.121. The summed E-state index contributed by atoms with van der Waals surface area (Å²) in [5, 5.41) is 4.91. The van der Waals surface area contributed by atoms with E-state index in [1.54, 1.807) is 42.5 Å². The van der Waals surface area contributed by atoms with Crippen LogP contribution in [0.3, 0.4) is 0 Å². The minimum atomic E-state index is -0.596. The Morgan fingerprint density at radius 2 is 1.59 bits per heavy atom. The summed E-state index contributed by atoms with van der Waals surface area (Å²) in [7, 11) is 1.28. The van der Waals surface area contributed by atoms with Crippen molar-refractivity contribution in [3.63, 3.8) is 0 Å². The van der Waals surface area contributed by atoms with Gasteiger partial charge in [-0.3, -0.25) is 9.59 Å². The number of imide groups is 1. The molecule has 172 valence electrons. The fraction of sp³-hybridized carbons (Fsp3) is 0.120. The van der Waals surface area contributed by atoms with Crippen LogP contribution in [-0.4, -0.2) is 36.2 Å². The second-order valence-electron chi connectivity index (χ2n) is 7.39. The molecule has 1 aliphatic rings. The molecule has 0 aliphatic carbocycles. The summed E-state index contributed by atoms with van der Waals surface area (Å²) >= 11 is 1.26. The van der Waals surface area contributed by atoms with Gasteiger partial charge in [0.1, 0.15) is 0 Å². The number of urea groups is 1. The van der Waals surface area contributed by atoms with Crippen LogP contribution < -0.4 is 15.5 Å². The highest BCUT2D eigenvalue weighted by Crippen LogP contribution is 2.35. The van der Waals surface area contributed by atoms with E-state index in [2.05, 4.69) is 15.4 Å². The predicted molar refractivity (Wildman–Crippen MR) is 130 cm³/mol. The number of anilines is 3. The quantitative estimate of drug-likeness (QED) is 0.401. The average Bonchev–Trinajstić information content (AvgIpc) is 3.12. The van der Waals surface area contributed by atoms with Crippen LogP contribution in [0.4, 0.5) is 21.9 Å². The molecule has 8 nitrogen and oxygen atoms in total. The molecule has 0 spiro atoms. The molecule has 0 bridgehead atoms. The van der Waals surface area contributed by atoms with Gasteiger partial charge in [-0.2, -0.15) is 0 Å². The lowest BCUT2D eigenvalue weighted by atomic mass is 10.2. The summed E-state index contributed by atoms with van der Waals surface area (Å²) in [5.41, 5.74) is 1.96. The summed E-state index contributed by atoms with van der Waals surface area (Å²) in [4.78, 5) is 51.3. The number of nitrogens with one attached hydrogen (secondary N) is 2. The molecule has 1 fully saturated rings. The third kappa shape index (κ3) is 5.26. The van der Waals surface area contributed by atoms with E-state index in [-0.39, 0.29) is 24.3 Å². The summed E-state index contributed by atoms with van der Waals surface area (Å²) in [5.74, 6) is -1.14. The number of ether oxygens (including phenoxy) is 1. The van der Waals surface area contributed by atoms with Crippen LogP contribution in [0, 0.1) is 0 Å². The Balaban J connectivity index is 1.41. The maximum atomic E-state index is 13.0. The molecule has 1 aliphatic heterocycles. The molecular weight excluding hydrogens is 454 g/mol. The Morgan fingerprint density at radius 3 is 2.29 bits per heavy atom. The standard InChI is InChI=1S/C25H21N3O5S/c1-33-24(31)16-10-12-19(13-11-16)28-22(29)15-21(23(28)30)34-20-9-5-8-18(14-20)27-25(32)26-17-6-3-2-4-7-17/h2-14,21H,15H2,1H3,(H2,26,27,32). The zero-order valence-corrected chi connectivity index (χ0v) is 19.0. The van der Waals surface area contributed by atoms with Gasteiger partial charge in [-0.05, 0) is 54.6 Å². The third-order valence-electron chi connectivity index (χ3n) is 5.05. The molecule has 3 aromatic rings. The van der Waals surface area contributed by atoms with E-state index < -0.39 is 11.2 Å². The molecule has 0 radical (unpaired) electrons. The number of rotatable bonds is 6. The van der Waals surface area contributed by atoms with Gasteiger partial charge in [0.2, 0.25) is 11.8 Å². The summed E-state index contributed by atoms with van der Waals surface area (Å²) < 4.78 is 4.67. The number of carbonyl (C=O) groups is 4. The Bertz CT molecular complexity index is 1230. The van der Waals surface area contributed by atoms with E-state index in [0.717, 1.165) is 9.80 Å². The molecule has 9 heteroatoms. The average molecular weight is 476 g/mol. The van der Waals surface area contributed by atoms with Gasteiger partial charge < -0.3 is 15.4 Å². The van der Waals surface area contributed by atoms with Crippen LogP contribution in [0.1, 0.15) is 16.8 Å². The molecule has 0 saturated carbocycles. The summed E-state index contributed by atoms with van der Waals surface area (Å²) in [6.45, 7) is 0. The number of hydrogen-bond donors (Lipinski definition) is 2. The first-order chi connectivity index (χ1) is 16.4. The van der Waals surface area contributed by atoms with E-state index in [4.69, 9.17) is 0 Å². The second kappa shape index (κ2) is 10.2. The molecule has 1 atom stereocenters. The van der Waals surface area contributed by atoms with Crippen molar-refractivity contribution in [2.75, 3.05) is 22.6 Å². The number of para-hydroxylation sites is 1. The van der Waals surface area contributed by atoms with Crippen LogP contribution in [0.2, 0.25) is 0 Å². The highest BCUT2D eigenvalue weighted by Gasteiger charge is 2.40. The van der Waals surface area contributed by atoms with Crippen molar-refractivity contribution < 1.29 is 23.9 Å². The minimum absolute atomic E-state index is 0.0500. The third-order valence-corrected chi connectivity index (χ3v) is 6.23. The highest BCUT2D eigenvalue weighted by molar-refractivity contribution is 8.00. The van der Waals surface area contributed by atoms with Gasteiger partial charge in [0.05, 0.1) is 23.6 Å². The minimum Gasteiger partial charge on any atom is -0.465 e. The van der Waals surface area contributed by atoms with Crippen molar-refractivity contribution in [3.8, 4) is 0 Å². The Morgan fingerprint density at radius 1 is 0.912 bits per heavy atom. The first kappa shape index (κ1) is 23.1. The molecule has 2 N–H and O–H groups in total. The zero-order chi connectivity index (χ0) is 24.1. The topological polar surface area (TPSA) is 105 Å². The van der Waals surface area contributed by atoms with Gasteiger partial charge in [0.25, 0.3) is 0 Å². The van der Waals surface area contributed by atoms with E-state index in [9.17, 15) is 19.2 Å². The molecule has 1 saturated heterocycles. The second-order valence-corrected chi connectivity index (χ2v) is 8.67. The number of hydrogen-bond acceptors (Lipinski definition) is 6. The van der Waals surface area contributed by atoms with Gasteiger partial charge in [-0.25, -0.2) is 14.5 Å². The smallest absolute Gasteiger partial charge is 0.337 e. The van der Waals surface area contributed by atoms with Gasteiger partial charge >= 0.3 is 12.0 Å². The van der Waals surface area contributed by atoms with Crippen molar-refractivity contribution in [2.24, 2.45) is 0 Å². The Labute approximate surface area is 200 Å². The van der Waals surface area contributed by atoms with Crippen molar-refractivity contribution in [1.29, 1.82) is 0 Å². The Hall–Kier alpha value is -4.11. The predicted octanol–water partition coefficient (Wildman–Crippen LogP) is 4.54. The molecule has 1 unspecified atom stereocenters. The molecule has 4 amide bonds. The zero-order valence-electron chi connectivity index (χ0n) is 18.2. The maximum Gasteiger partial charge on any atom is 0.337 e. The first-order valence-corrected chi connectivity index (χ1v) is 11.3. The van der Waals surface area contributed by atoms with E-state index in [0.29, 0.717) is 22.6 Å². The van der Waals surface area contributed by atoms with Gasteiger partial charge in [0, 0.05) is 22.7 Å².